The lowest BCUT2D eigenvalue weighted by atomic mass is 10.2. The Morgan fingerprint density at radius 2 is 1.93 bits per heavy atom. The Morgan fingerprint density at radius 1 is 1.11 bits per heavy atom. The number of rotatable bonds is 7. The summed E-state index contributed by atoms with van der Waals surface area (Å²) in [6, 6.07) is 12.3. The van der Waals surface area contributed by atoms with Crippen molar-refractivity contribution in [1.82, 2.24) is 9.97 Å². The van der Waals surface area contributed by atoms with Crippen LogP contribution in [0.1, 0.15) is 28.7 Å². The van der Waals surface area contributed by atoms with E-state index in [4.69, 9.17) is 4.74 Å². The number of hydrogen-bond acceptors (Lipinski definition) is 6. The lowest BCUT2D eigenvalue weighted by molar-refractivity contribution is -0.116. The number of aromatic nitrogens is 2. The number of nitrogens with one attached hydrogen (secondary N) is 1. The van der Waals surface area contributed by atoms with Crippen molar-refractivity contribution in [1.29, 1.82) is 0 Å². The van der Waals surface area contributed by atoms with Gasteiger partial charge in [0.15, 0.2) is 0 Å². The summed E-state index contributed by atoms with van der Waals surface area (Å²) < 4.78 is 4.93. The van der Waals surface area contributed by atoms with Gasteiger partial charge in [0.1, 0.15) is 0 Å². The second-order valence-electron chi connectivity index (χ2n) is 5.69. The van der Waals surface area contributed by atoms with E-state index in [0.29, 0.717) is 30.7 Å². The Kier molecular flexibility index (Phi) is 6.27. The van der Waals surface area contributed by atoms with Crippen molar-refractivity contribution in [2.24, 2.45) is 0 Å². The number of esters is 1. The van der Waals surface area contributed by atoms with Gasteiger partial charge in [-0.2, -0.15) is 0 Å². The normalized spacial score (nSPS) is 10.4. The third-order valence-corrected chi connectivity index (χ3v) is 4.63. The molecule has 1 aromatic carbocycles. The first-order chi connectivity index (χ1) is 13.2. The van der Waals surface area contributed by atoms with Crippen LogP contribution in [0.2, 0.25) is 0 Å². The van der Waals surface area contributed by atoms with Crippen molar-refractivity contribution >= 4 is 28.9 Å². The molecule has 7 heteroatoms. The zero-order chi connectivity index (χ0) is 19.1. The highest BCUT2D eigenvalue weighted by Gasteiger charge is 2.10. The van der Waals surface area contributed by atoms with Gasteiger partial charge in [-0.25, -0.2) is 9.78 Å². The molecule has 0 radical (unpaired) electrons. The molecule has 6 nitrogen and oxygen atoms in total. The molecule has 0 aliphatic rings. The molecular formula is C20H19N3O3S. The van der Waals surface area contributed by atoms with E-state index in [2.05, 4.69) is 15.3 Å². The number of aryl methyl sites for hydroxylation is 1. The summed E-state index contributed by atoms with van der Waals surface area (Å²) in [5.74, 6) is -0.476. The molecule has 3 rings (SSSR count). The van der Waals surface area contributed by atoms with Crippen LogP contribution in [0.15, 0.2) is 54.0 Å². The summed E-state index contributed by atoms with van der Waals surface area (Å²) in [7, 11) is 0. The zero-order valence-corrected chi connectivity index (χ0v) is 15.7. The van der Waals surface area contributed by atoms with Crippen LogP contribution in [0.25, 0.3) is 11.4 Å². The molecule has 0 saturated heterocycles. The van der Waals surface area contributed by atoms with Gasteiger partial charge >= 0.3 is 5.97 Å². The van der Waals surface area contributed by atoms with E-state index >= 15 is 0 Å². The number of amides is 1. The Hall–Kier alpha value is -3.06. The largest absolute Gasteiger partial charge is 0.462 e. The van der Waals surface area contributed by atoms with E-state index in [1.165, 1.54) is 11.3 Å². The fourth-order valence-corrected chi connectivity index (χ4v) is 3.20. The van der Waals surface area contributed by atoms with E-state index in [-0.39, 0.29) is 11.9 Å². The molecule has 0 bridgehead atoms. The van der Waals surface area contributed by atoms with Crippen molar-refractivity contribution in [3.63, 3.8) is 0 Å². The molecule has 1 N–H and O–H groups in total. The molecule has 3 aromatic rings. The van der Waals surface area contributed by atoms with Gasteiger partial charge in [0.25, 0.3) is 0 Å². The van der Waals surface area contributed by atoms with Crippen molar-refractivity contribution in [3.05, 3.63) is 64.6 Å². The quantitative estimate of drug-likeness (QED) is 0.627. The molecule has 138 valence electrons. The summed E-state index contributed by atoms with van der Waals surface area (Å²) in [6.45, 7) is 2.09. The summed E-state index contributed by atoms with van der Waals surface area (Å²) >= 11 is 1.52. The van der Waals surface area contributed by atoms with Crippen molar-refractivity contribution in [3.8, 4) is 11.4 Å². The molecule has 2 aromatic heterocycles. The summed E-state index contributed by atoms with van der Waals surface area (Å²) in [5.41, 5.74) is 2.75. The fourth-order valence-electron chi connectivity index (χ4n) is 2.41. The molecule has 0 aliphatic heterocycles. The van der Waals surface area contributed by atoms with Crippen LogP contribution in [0.4, 0.5) is 5.69 Å². The van der Waals surface area contributed by atoms with Gasteiger partial charge in [0.05, 0.1) is 28.6 Å². The van der Waals surface area contributed by atoms with E-state index in [1.807, 2.05) is 23.6 Å². The minimum absolute atomic E-state index is 0.103. The molecule has 0 unspecified atom stereocenters. The monoisotopic (exact) mass is 381 g/mol. The van der Waals surface area contributed by atoms with Gasteiger partial charge in [0, 0.05) is 30.1 Å². The van der Waals surface area contributed by atoms with Crippen LogP contribution >= 0.6 is 11.3 Å². The van der Waals surface area contributed by atoms with E-state index < -0.39 is 0 Å². The third kappa shape index (κ3) is 5.21. The van der Waals surface area contributed by atoms with E-state index in [1.54, 1.807) is 37.4 Å². The fraction of sp³-hybridized carbons (Fsp3) is 0.200. The maximum absolute atomic E-state index is 12.1. The Bertz CT molecular complexity index is 908. The Labute approximate surface area is 161 Å². The van der Waals surface area contributed by atoms with E-state index in [9.17, 15) is 9.59 Å². The molecule has 0 spiro atoms. The van der Waals surface area contributed by atoms with Gasteiger partial charge in [0.2, 0.25) is 5.91 Å². The second-order valence-corrected chi connectivity index (χ2v) is 6.63. The smallest absolute Gasteiger partial charge is 0.338 e. The molecule has 2 heterocycles. The van der Waals surface area contributed by atoms with Crippen LogP contribution in [0.5, 0.6) is 0 Å². The number of hydrogen-bond donors (Lipinski definition) is 1. The van der Waals surface area contributed by atoms with Crippen molar-refractivity contribution < 1.29 is 14.3 Å². The standard InChI is InChI=1S/C20H19N3O3S/c1-2-26-20(25)14-6-8-15(9-7-14)22-18(24)10-11-19-23-17(13-27-19)16-5-3-4-12-21-16/h3-9,12-13H,2,10-11H2,1H3,(H,22,24). The predicted molar refractivity (Wildman–Crippen MR) is 105 cm³/mol. The van der Waals surface area contributed by atoms with Crippen LogP contribution in [0, 0.1) is 0 Å². The molecule has 0 fully saturated rings. The molecule has 27 heavy (non-hydrogen) atoms. The average molecular weight is 381 g/mol. The Balaban J connectivity index is 1.51. The lowest BCUT2D eigenvalue weighted by Gasteiger charge is -2.06. The minimum atomic E-state index is -0.372. The average Bonchev–Trinajstić information content (AvgIpc) is 3.17. The number of thiazole rings is 1. The maximum atomic E-state index is 12.1. The van der Waals surface area contributed by atoms with Crippen LogP contribution in [0.3, 0.4) is 0 Å². The topological polar surface area (TPSA) is 81.2 Å². The molecule has 0 atom stereocenters. The first-order valence-electron chi connectivity index (χ1n) is 8.58. The SMILES string of the molecule is CCOC(=O)c1ccc(NC(=O)CCc2nc(-c3ccccn3)cs2)cc1. The summed E-state index contributed by atoms with van der Waals surface area (Å²) in [6.07, 6.45) is 2.62. The number of nitrogens with zero attached hydrogens (tertiary/aromatic N) is 2. The Morgan fingerprint density at radius 3 is 2.63 bits per heavy atom. The van der Waals surface area contributed by atoms with Gasteiger partial charge in [-0.05, 0) is 43.3 Å². The molecular weight excluding hydrogens is 362 g/mol. The first kappa shape index (κ1) is 18.7. The molecule has 0 aliphatic carbocycles. The number of carbonyl (C=O) groups excluding carboxylic acids is 2. The third-order valence-electron chi connectivity index (χ3n) is 3.72. The maximum Gasteiger partial charge on any atom is 0.338 e. The number of ether oxygens (including phenoxy) is 1. The highest BCUT2D eigenvalue weighted by atomic mass is 32.1. The van der Waals surface area contributed by atoms with Gasteiger partial charge < -0.3 is 10.1 Å². The predicted octanol–water partition coefficient (Wildman–Crippen LogP) is 3.95. The van der Waals surface area contributed by atoms with Crippen LogP contribution < -0.4 is 5.32 Å². The van der Waals surface area contributed by atoms with Crippen LogP contribution in [-0.4, -0.2) is 28.5 Å². The number of benzene rings is 1. The van der Waals surface area contributed by atoms with Crippen LogP contribution in [-0.2, 0) is 16.0 Å². The first-order valence-corrected chi connectivity index (χ1v) is 9.46. The van der Waals surface area contributed by atoms with Crippen molar-refractivity contribution in [2.75, 3.05) is 11.9 Å². The summed E-state index contributed by atoms with van der Waals surface area (Å²) in [5, 5.41) is 5.66. The minimum Gasteiger partial charge on any atom is -0.462 e. The van der Waals surface area contributed by atoms with Gasteiger partial charge in [-0.15, -0.1) is 11.3 Å². The second kappa shape index (κ2) is 9.05. The number of pyridine rings is 1. The zero-order valence-electron chi connectivity index (χ0n) is 14.8. The van der Waals surface area contributed by atoms with Gasteiger partial charge in [-0.3, -0.25) is 9.78 Å². The number of anilines is 1. The summed E-state index contributed by atoms with van der Waals surface area (Å²) in [4.78, 5) is 32.6. The molecule has 1 amide bonds. The highest BCUT2D eigenvalue weighted by molar-refractivity contribution is 7.09. The van der Waals surface area contributed by atoms with Gasteiger partial charge in [-0.1, -0.05) is 6.07 Å². The molecule has 0 saturated carbocycles. The highest BCUT2D eigenvalue weighted by Crippen LogP contribution is 2.20. The van der Waals surface area contributed by atoms with E-state index in [0.717, 1.165) is 16.4 Å². The van der Waals surface area contributed by atoms with Crippen molar-refractivity contribution in [2.45, 2.75) is 19.8 Å². The lowest BCUT2D eigenvalue weighted by Crippen LogP contribution is -2.12. The number of carbonyl (C=O) groups is 2.